The highest BCUT2D eigenvalue weighted by Crippen LogP contribution is 2.28. The summed E-state index contributed by atoms with van der Waals surface area (Å²) in [4.78, 5) is 3.55. The van der Waals surface area contributed by atoms with E-state index in [9.17, 15) is 17.6 Å². The maximum atomic E-state index is 13.7. The van der Waals surface area contributed by atoms with E-state index in [1.807, 2.05) is 0 Å². The van der Waals surface area contributed by atoms with E-state index in [0.29, 0.717) is 0 Å². The zero-order valence-electron chi connectivity index (χ0n) is 8.20. The molecule has 17 heavy (non-hydrogen) atoms. The Bertz CT molecular complexity index is 508. The molecular formula is C10H5F4N2O. The number of nitrogens with zero attached hydrogens (tertiary/aromatic N) is 2. The molecule has 0 amide bonds. The van der Waals surface area contributed by atoms with Gasteiger partial charge in [0.15, 0.2) is 17.9 Å². The highest BCUT2D eigenvalue weighted by molar-refractivity contribution is 5.41. The van der Waals surface area contributed by atoms with Gasteiger partial charge < -0.3 is 4.74 Å². The van der Waals surface area contributed by atoms with Gasteiger partial charge in [-0.1, -0.05) is 6.07 Å². The third-order valence-corrected chi connectivity index (χ3v) is 1.88. The van der Waals surface area contributed by atoms with E-state index >= 15 is 0 Å². The van der Waals surface area contributed by atoms with Gasteiger partial charge in [-0.15, -0.1) is 13.2 Å². The lowest BCUT2D eigenvalue weighted by molar-refractivity contribution is -0.275. The molecule has 0 atom stereocenters. The molecule has 1 aromatic heterocycles. The first-order chi connectivity index (χ1) is 7.97. The summed E-state index contributed by atoms with van der Waals surface area (Å²) < 4.78 is 54.3. The minimum absolute atomic E-state index is 0.121. The number of aromatic nitrogens is 2. The molecule has 0 aliphatic carbocycles. The largest absolute Gasteiger partial charge is 0.573 e. The van der Waals surface area contributed by atoms with Crippen molar-refractivity contribution >= 4 is 0 Å². The maximum Gasteiger partial charge on any atom is 0.573 e. The lowest BCUT2D eigenvalue weighted by Crippen LogP contribution is -2.18. The molecule has 0 spiro atoms. The normalized spacial score (nSPS) is 11.5. The fourth-order valence-electron chi connectivity index (χ4n) is 1.25. The standard InChI is InChI=1S/C10H5F4N2O/c11-9-7(16-5-4-15-6-16)2-1-3-8(9)17-10(12,13)14/h1-5H. The molecule has 0 N–H and O–H groups in total. The number of rotatable bonds is 2. The Balaban J connectivity index is 2.41. The van der Waals surface area contributed by atoms with E-state index in [0.717, 1.165) is 10.6 Å². The van der Waals surface area contributed by atoms with Crippen LogP contribution < -0.4 is 4.74 Å². The van der Waals surface area contributed by atoms with Gasteiger partial charge in [-0.05, 0) is 12.1 Å². The summed E-state index contributed by atoms with van der Waals surface area (Å²) in [6, 6.07) is 3.42. The number of alkyl halides is 3. The van der Waals surface area contributed by atoms with Gasteiger partial charge in [-0.2, -0.15) is 0 Å². The number of benzene rings is 1. The van der Waals surface area contributed by atoms with Crippen molar-refractivity contribution in [3.8, 4) is 11.4 Å². The average molecular weight is 245 g/mol. The van der Waals surface area contributed by atoms with Crippen LogP contribution in [0.5, 0.6) is 5.75 Å². The van der Waals surface area contributed by atoms with Crippen LogP contribution in [0.1, 0.15) is 0 Å². The van der Waals surface area contributed by atoms with Gasteiger partial charge in [0.25, 0.3) is 0 Å². The van der Waals surface area contributed by atoms with Crippen LogP contribution in [0.25, 0.3) is 5.69 Å². The second kappa shape index (κ2) is 4.08. The topological polar surface area (TPSA) is 27.1 Å². The third-order valence-electron chi connectivity index (χ3n) is 1.88. The molecule has 0 fully saturated rings. The Morgan fingerprint density at radius 2 is 2.06 bits per heavy atom. The van der Waals surface area contributed by atoms with Crippen LogP contribution in [0.4, 0.5) is 17.6 Å². The number of halogens is 4. The van der Waals surface area contributed by atoms with Crippen molar-refractivity contribution < 1.29 is 22.3 Å². The molecule has 1 aromatic carbocycles. The SMILES string of the molecule is Fc1c(OC(F)(F)F)cccc1-n1[c]ncc1. The number of hydrogen-bond donors (Lipinski definition) is 0. The Kier molecular flexibility index (Phi) is 2.74. The molecule has 1 heterocycles. The van der Waals surface area contributed by atoms with Crippen LogP contribution in [0.15, 0.2) is 30.6 Å². The van der Waals surface area contributed by atoms with E-state index in [4.69, 9.17) is 0 Å². The molecule has 0 saturated carbocycles. The van der Waals surface area contributed by atoms with Crippen molar-refractivity contribution in [1.29, 1.82) is 0 Å². The van der Waals surface area contributed by atoms with Crippen LogP contribution >= 0.6 is 0 Å². The van der Waals surface area contributed by atoms with E-state index in [1.165, 1.54) is 24.5 Å². The highest BCUT2D eigenvalue weighted by atomic mass is 19.4. The molecule has 1 radical (unpaired) electrons. The van der Waals surface area contributed by atoms with E-state index < -0.39 is 17.9 Å². The second-order valence-corrected chi connectivity index (χ2v) is 3.03. The number of hydrogen-bond acceptors (Lipinski definition) is 2. The average Bonchev–Trinajstić information content (AvgIpc) is 2.72. The second-order valence-electron chi connectivity index (χ2n) is 3.03. The minimum atomic E-state index is -4.93. The van der Waals surface area contributed by atoms with Gasteiger partial charge >= 0.3 is 6.36 Å². The van der Waals surface area contributed by atoms with E-state index in [-0.39, 0.29) is 5.69 Å². The minimum Gasteiger partial charge on any atom is -0.403 e. The quantitative estimate of drug-likeness (QED) is 0.760. The summed E-state index contributed by atoms with van der Waals surface area (Å²) >= 11 is 0. The van der Waals surface area contributed by atoms with Crippen molar-refractivity contribution in [1.82, 2.24) is 9.55 Å². The number of ether oxygens (including phenoxy) is 1. The first-order valence-electron chi connectivity index (χ1n) is 4.43. The van der Waals surface area contributed by atoms with Crippen LogP contribution in [-0.4, -0.2) is 15.9 Å². The monoisotopic (exact) mass is 245 g/mol. The van der Waals surface area contributed by atoms with Gasteiger partial charge in [0.2, 0.25) is 0 Å². The Morgan fingerprint density at radius 1 is 1.29 bits per heavy atom. The molecule has 0 saturated heterocycles. The molecule has 89 valence electrons. The molecule has 7 heteroatoms. The predicted octanol–water partition coefficient (Wildman–Crippen LogP) is 2.71. The predicted molar refractivity (Wildman–Crippen MR) is 49.0 cm³/mol. The number of imidazole rings is 1. The zero-order chi connectivity index (χ0) is 12.5. The lowest BCUT2D eigenvalue weighted by Gasteiger charge is -2.11. The zero-order valence-corrected chi connectivity index (χ0v) is 8.20. The molecule has 0 bridgehead atoms. The fraction of sp³-hybridized carbons (Fsp3) is 0.100. The molecular weight excluding hydrogens is 240 g/mol. The summed E-state index contributed by atoms with van der Waals surface area (Å²) in [5, 5.41) is 0. The van der Waals surface area contributed by atoms with Crippen LogP contribution in [-0.2, 0) is 0 Å². The van der Waals surface area contributed by atoms with Crippen LogP contribution in [0.2, 0.25) is 0 Å². The summed E-state index contributed by atoms with van der Waals surface area (Å²) in [6.45, 7) is 0. The van der Waals surface area contributed by atoms with Crippen LogP contribution in [0.3, 0.4) is 0 Å². The Morgan fingerprint density at radius 3 is 2.65 bits per heavy atom. The fourth-order valence-corrected chi connectivity index (χ4v) is 1.25. The first kappa shape index (κ1) is 11.4. The van der Waals surface area contributed by atoms with Crippen molar-refractivity contribution in [3.63, 3.8) is 0 Å². The summed E-state index contributed by atoms with van der Waals surface area (Å²) in [5.74, 6) is -2.02. The van der Waals surface area contributed by atoms with Crippen molar-refractivity contribution in [3.05, 3.63) is 42.7 Å². The Labute approximate surface area is 93.3 Å². The van der Waals surface area contributed by atoms with Gasteiger partial charge in [0, 0.05) is 12.4 Å². The van der Waals surface area contributed by atoms with Crippen molar-refractivity contribution in [2.24, 2.45) is 0 Å². The molecule has 0 unspecified atom stereocenters. The molecule has 2 rings (SSSR count). The molecule has 3 nitrogen and oxygen atoms in total. The van der Waals surface area contributed by atoms with Crippen LogP contribution in [0, 0.1) is 12.1 Å². The first-order valence-corrected chi connectivity index (χ1v) is 4.43. The van der Waals surface area contributed by atoms with Gasteiger partial charge in [-0.3, -0.25) is 4.57 Å². The van der Waals surface area contributed by atoms with Gasteiger partial charge in [0.05, 0.1) is 5.69 Å². The van der Waals surface area contributed by atoms with E-state index in [2.05, 4.69) is 16.0 Å². The third kappa shape index (κ3) is 2.55. The van der Waals surface area contributed by atoms with Gasteiger partial charge in [-0.25, -0.2) is 9.37 Å². The maximum absolute atomic E-state index is 13.7. The Hall–Kier alpha value is -2.05. The van der Waals surface area contributed by atoms with Gasteiger partial charge in [0.1, 0.15) is 0 Å². The summed E-state index contributed by atoms with van der Waals surface area (Å²) in [7, 11) is 0. The highest BCUT2D eigenvalue weighted by Gasteiger charge is 2.32. The van der Waals surface area contributed by atoms with E-state index in [1.54, 1.807) is 0 Å². The lowest BCUT2D eigenvalue weighted by atomic mass is 10.3. The van der Waals surface area contributed by atoms with Crippen molar-refractivity contribution in [2.45, 2.75) is 6.36 Å². The smallest absolute Gasteiger partial charge is 0.403 e. The molecule has 2 aromatic rings. The summed E-state index contributed by atoms with van der Waals surface area (Å²) in [6.07, 6.45) is 0.129. The molecule has 0 aliphatic rings. The van der Waals surface area contributed by atoms with Crippen molar-refractivity contribution in [2.75, 3.05) is 0 Å². The molecule has 0 aliphatic heterocycles. The summed E-state index contributed by atoms with van der Waals surface area (Å²) in [5.41, 5.74) is -0.121.